The highest BCUT2D eigenvalue weighted by Crippen LogP contribution is 2.36. The molecule has 0 saturated carbocycles. The van der Waals surface area contributed by atoms with Crippen LogP contribution in [0.4, 0.5) is 0 Å². The number of aryl methyl sites for hydroxylation is 1. The van der Waals surface area contributed by atoms with Crippen molar-refractivity contribution in [3.8, 4) is 0 Å². The van der Waals surface area contributed by atoms with E-state index in [1.54, 1.807) is 11.3 Å². The molecule has 1 saturated heterocycles. The Kier molecular flexibility index (Phi) is 5.10. The van der Waals surface area contributed by atoms with Gasteiger partial charge in [-0.1, -0.05) is 25.6 Å². The van der Waals surface area contributed by atoms with Gasteiger partial charge in [0.05, 0.1) is 11.1 Å². The lowest BCUT2D eigenvalue weighted by molar-refractivity contribution is -0.130. The highest BCUT2D eigenvalue weighted by Gasteiger charge is 2.24. The lowest BCUT2D eigenvalue weighted by Crippen LogP contribution is -2.40. The maximum absolute atomic E-state index is 12.6. The van der Waals surface area contributed by atoms with Crippen molar-refractivity contribution in [2.24, 2.45) is 11.8 Å². The quantitative estimate of drug-likeness (QED) is 0.643. The SMILES string of the molecule is CC1CCc2c(sc3nc(SCC(=O)N4CCCC(C)C4)[nH]c(=O)c23)C1. The molecular weight excluding hydrogens is 366 g/mol. The molecule has 0 spiro atoms. The molecule has 1 amide bonds. The van der Waals surface area contributed by atoms with Gasteiger partial charge in [0.15, 0.2) is 5.16 Å². The van der Waals surface area contributed by atoms with Crippen molar-refractivity contribution in [2.45, 2.75) is 51.1 Å². The number of hydrogen-bond donors (Lipinski definition) is 1. The second-order valence-corrected chi connectivity index (χ2v) is 9.83. The first-order valence-electron chi connectivity index (χ1n) is 9.46. The molecule has 2 aliphatic rings. The van der Waals surface area contributed by atoms with E-state index < -0.39 is 0 Å². The zero-order chi connectivity index (χ0) is 18.3. The van der Waals surface area contributed by atoms with Crippen LogP contribution in [0.25, 0.3) is 10.2 Å². The molecule has 2 unspecified atom stereocenters. The fraction of sp³-hybridized carbons (Fsp3) is 0.632. The number of carbonyl (C=O) groups excluding carboxylic acids is 1. The van der Waals surface area contributed by atoms with E-state index >= 15 is 0 Å². The molecule has 0 bridgehead atoms. The van der Waals surface area contributed by atoms with E-state index in [4.69, 9.17) is 0 Å². The molecule has 2 aromatic heterocycles. The van der Waals surface area contributed by atoms with Crippen LogP contribution in [0.5, 0.6) is 0 Å². The second kappa shape index (κ2) is 7.35. The number of H-pyrrole nitrogens is 1. The Morgan fingerprint density at radius 1 is 1.35 bits per heavy atom. The van der Waals surface area contributed by atoms with Crippen molar-refractivity contribution in [3.63, 3.8) is 0 Å². The average Bonchev–Trinajstić information content (AvgIpc) is 2.97. The van der Waals surface area contributed by atoms with Crippen LogP contribution in [0.3, 0.4) is 0 Å². The number of fused-ring (bicyclic) bond motifs is 3. The molecular formula is C19H25N3O2S2. The summed E-state index contributed by atoms with van der Waals surface area (Å²) < 4.78 is 0. The Hall–Kier alpha value is -1.34. The molecule has 2 aromatic rings. The molecule has 1 N–H and O–H groups in total. The van der Waals surface area contributed by atoms with Gasteiger partial charge in [0.25, 0.3) is 5.56 Å². The number of aromatic nitrogens is 2. The van der Waals surface area contributed by atoms with E-state index in [0.29, 0.717) is 22.7 Å². The fourth-order valence-corrected chi connectivity index (χ4v) is 6.24. The fourth-order valence-electron chi connectivity index (χ4n) is 4.03. The number of piperidine rings is 1. The lowest BCUT2D eigenvalue weighted by atomic mass is 9.89. The molecule has 5 nitrogen and oxygen atoms in total. The summed E-state index contributed by atoms with van der Waals surface area (Å²) in [5, 5.41) is 1.34. The van der Waals surface area contributed by atoms with E-state index in [9.17, 15) is 9.59 Å². The van der Waals surface area contributed by atoms with Crippen molar-refractivity contribution >= 4 is 39.2 Å². The van der Waals surface area contributed by atoms with Gasteiger partial charge in [0.1, 0.15) is 4.83 Å². The molecule has 7 heteroatoms. The normalized spacial score (nSPS) is 23.2. The third-order valence-corrected chi connectivity index (χ3v) is 7.49. The summed E-state index contributed by atoms with van der Waals surface area (Å²) in [6.45, 7) is 6.15. The number of thiophene rings is 1. The van der Waals surface area contributed by atoms with Crippen molar-refractivity contribution in [2.75, 3.05) is 18.8 Å². The number of amides is 1. The molecule has 0 aromatic carbocycles. The van der Waals surface area contributed by atoms with E-state index in [1.165, 1.54) is 28.6 Å². The number of thioether (sulfide) groups is 1. The van der Waals surface area contributed by atoms with E-state index in [1.807, 2.05) is 4.90 Å². The van der Waals surface area contributed by atoms with Crippen LogP contribution in [-0.4, -0.2) is 39.6 Å². The summed E-state index contributed by atoms with van der Waals surface area (Å²) in [4.78, 5) is 36.7. The smallest absolute Gasteiger partial charge is 0.260 e. The van der Waals surface area contributed by atoms with Crippen LogP contribution in [0, 0.1) is 11.8 Å². The zero-order valence-electron chi connectivity index (χ0n) is 15.3. The topological polar surface area (TPSA) is 66.1 Å². The third-order valence-electron chi connectivity index (χ3n) is 5.49. The van der Waals surface area contributed by atoms with Gasteiger partial charge in [-0.3, -0.25) is 9.59 Å². The van der Waals surface area contributed by atoms with Crippen LogP contribution in [0.1, 0.15) is 43.6 Å². The van der Waals surface area contributed by atoms with Gasteiger partial charge >= 0.3 is 0 Å². The van der Waals surface area contributed by atoms with Crippen LogP contribution in [-0.2, 0) is 17.6 Å². The number of carbonyl (C=O) groups is 1. The summed E-state index contributed by atoms with van der Waals surface area (Å²) in [6.07, 6.45) is 5.43. The minimum atomic E-state index is -0.0522. The Morgan fingerprint density at radius 2 is 2.19 bits per heavy atom. The highest BCUT2D eigenvalue weighted by atomic mass is 32.2. The van der Waals surface area contributed by atoms with Crippen LogP contribution in [0.15, 0.2) is 9.95 Å². The predicted molar refractivity (Wildman–Crippen MR) is 107 cm³/mol. The van der Waals surface area contributed by atoms with Crippen molar-refractivity contribution in [3.05, 3.63) is 20.8 Å². The van der Waals surface area contributed by atoms with Crippen molar-refractivity contribution in [1.29, 1.82) is 0 Å². The Bertz CT molecular complexity index is 889. The molecule has 1 aliphatic carbocycles. The van der Waals surface area contributed by atoms with Crippen LogP contribution in [0.2, 0.25) is 0 Å². The molecule has 3 heterocycles. The van der Waals surface area contributed by atoms with E-state index in [2.05, 4.69) is 23.8 Å². The predicted octanol–water partition coefficient (Wildman–Crippen LogP) is 3.46. The monoisotopic (exact) mass is 391 g/mol. The lowest BCUT2D eigenvalue weighted by Gasteiger charge is -2.30. The molecule has 0 radical (unpaired) electrons. The first-order valence-corrected chi connectivity index (χ1v) is 11.3. The van der Waals surface area contributed by atoms with Crippen molar-refractivity contribution in [1.82, 2.24) is 14.9 Å². The van der Waals surface area contributed by atoms with Gasteiger partial charge in [0.2, 0.25) is 5.91 Å². The highest BCUT2D eigenvalue weighted by molar-refractivity contribution is 7.99. The van der Waals surface area contributed by atoms with Gasteiger partial charge in [-0.2, -0.15) is 0 Å². The molecule has 2 atom stereocenters. The van der Waals surface area contributed by atoms with Crippen LogP contribution >= 0.6 is 23.1 Å². The first kappa shape index (κ1) is 18.0. The van der Waals surface area contributed by atoms with Gasteiger partial charge < -0.3 is 9.88 Å². The van der Waals surface area contributed by atoms with Gasteiger partial charge in [0, 0.05) is 18.0 Å². The Labute approximate surface area is 161 Å². The van der Waals surface area contributed by atoms with E-state index in [-0.39, 0.29) is 11.5 Å². The molecule has 1 fully saturated rings. The summed E-state index contributed by atoms with van der Waals surface area (Å²) >= 11 is 3.00. The number of rotatable bonds is 3. The Balaban J connectivity index is 1.51. The summed E-state index contributed by atoms with van der Waals surface area (Å²) in [5.74, 6) is 1.73. The second-order valence-electron chi connectivity index (χ2n) is 7.78. The van der Waals surface area contributed by atoms with Crippen LogP contribution < -0.4 is 5.56 Å². The number of nitrogens with zero attached hydrogens (tertiary/aromatic N) is 2. The summed E-state index contributed by atoms with van der Waals surface area (Å²) in [7, 11) is 0. The van der Waals surface area contributed by atoms with E-state index in [0.717, 1.165) is 49.0 Å². The molecule has 140 valence electrons. The van der Waals surface area contributed by atoms with Crippen molar-refractivity contribution < 1.29 is 4.79 Å². The number of aromatic amines is 1. The van der Waals surface area contributed by atoms with Gasteiger partial charge in [-0.15, -0.1) is 11.3 Å². The summed E-state index contributed by atoms with van der Waals surface area (Å²) in [5.41, 5.74) is 1.15. The maximum Gasteiger partial charge on any atom is 0.260 e. The average molecular weight is 392 g/mol. The summed E-state index contributed by atoms with van der Waals surface area (Å²) in [6, 6.07) is 0. The molecule has 4 rings (SSSR count). The minimum Gasteiger partial charge on any atom is -0.342 e. The zero-order valence-corrected chi connectivity index (χ0v) is 17.0. The number of nitrogens with one attached hydrogen (secondary N) is 1. The largest absolute Gasteiger partial charge is 0.342 e. The molecule has 1 aliphatic heterocycles. The number of likely N-dealkylation sites (tertiary alicyclic amines) is 1. The van der Waals surface area contributed by atoms with Gasteiger partial charge in [-0.25, -0.2) is 4.98 Å². The molecule has 26 heavy (non-hydrogen) atoms. The third kappa shape index (κ3) is 3.56. The van der Waals surface area contributed by atoms with Gasteiger partial charge in [-0.05, 0) is 49.5 Å². The number of hydrogen-bond acceptors (Lipinski definition) is 5. The first-order chi connectivity index (χ1) is 12.5. The standard InChI is InChI=1S/C19H25N3O2S2/c1-11-5-6-13-14(8-11)26-18-16(13)17(24)20-19(21-18)25-10-15(23)22-7-3-4-12(2)9-22/h11-12H,3-10H2,1-2H3,(H,20,21,24). The maximum atomic E-state index is 12.6. The minimum absolute atomic E-state index is 0.0522. The Morgan fingerprint density at radius 3 is 3.00 bits per heavy atom.